The maximum atomic E-state index is 10.8. The summed E-state index contributed by atoms with van der Waals surface area (Å²) >= 11 is 0. The van der Waals surface area contributed by atoms with Crippen LogP contribution >= 0.6 is 0 Å². The van der Waals surface area contributed by atoms with Crippen molar-refractivity contribution in [1.29, 1.82) is 0 Å². The average molecular weight is 211 g/mol. The Kier molecular flexibility index (Phi) is 3.85. The van der Waals surface area contributed by atoms with Gasteiger partial charge in [0.15, 0.2) is 0 Å². The molecule has 5 nitrogen and oxygen atoms in total. The molecule has 5 heteroatoms. The number of hydrogen-bond donors (Lipinski definition) is 2. The zero-order valence-corrected chi connectivity index (χ0v) is 9.27. The van der Waals surface area contributed by atoms with Crippen molar-refractivity contribution in [2.45, 2.75) is 32.4 Å². The van der Waals surface area contributed by atoms with Crippen LogP contribution in [0.3, 0.4) is 0 Å². The van der Waals surface area contributed by atoms with Crippen molar-refractivity contribution in [3.63, 3.8) is 0 Å². The van der Waals surface area contributed by atoms with Gasteiger partial charge in [0.1, 0.15) is 0 Å². The smallest absolute Gasteiger partial charge is 0.305 e. The second-order valence-corrected chi connectivity index (χ2v) is 3.88. The number of carboxylic acids is 1. The molecule has 0 bridgehead atoms. The normalized spacial score (nSPS) is 13.4. The molecule has 0 saturated carbocycles. The molecular formula is C10H17N3O2. The topological polar surface area (TPSA) is 69.2 Å². The highest BCUT2D eigenvalue weighted by molar-refractivity contribution is 5.67. The van der Waals surface area contributed by atoms with Gasteiger partial charge in [-0.3, -0.25) is 9.69 Å². The number of aromatic amines is 1. The van der Waals surface area contributed by atoms with Crippen LogP contribution < -0.4 is 0 Å². The quantitative estimate of drug-likeness (QED) is 0.769. The first kappa shape index (κ1) is 11.7. The van der Waals surface area contributed by atoms with Crippen molar-refractivity contribution in [2.75, 3.05) is 7.05 Å². The van der Waals surface area contributed by atoms with E-state index in [-0.39, 0.29) is 18.5 Å². The molecule has 0 radical (unpaired) electrons. The van der Waals surface area contributed by atoms with Gasteiger partial charge in [-0.05, 0) is 20.9 Å². The van der Waals surface area contributed by atoms with Gasteiger partial charge in [-0.1, -0.05) is 0 Å². The van der Waals surface area contributed by atoms with Gasteiger partial charge in [0.2, 0.25) is 0 Å². The van der Waals surface area contributed by atoms with Crippen LogP contribution in [0.5, 0.6) is 0 Å². The lowest BCUT2D eigenvalue weighted by atomic mass is 10.1. The van der Waals surface area contributed by atoms with E-state index in [2.05, 4.69) is 9.97 Å². The number of carboxylic acid groups (broad SMARTS) is 1. The number of aliphatic carboxylic acids is 1. The van der Waals surface area contributed by atoms with Gasteiger partial charge in [-0.2, -0.15) is 0 Å². The van der Waals surface area contributed by atoms with E-state index < -0.39 is 5.97 Å². The predicted molar refractivity (Wildman–Crippen MR) is 56.5 cm³/mol. The molecule has 1 aromatic rings. The molecule has 2 N–H and O–H groups in total. The minimum atomic E-state index is -0.804. The van der Waals surface area contributed by atoms with Crippen LogP contribution in [0, 0.1) is 0 Å². The Balaban J connectivity index is 2.83. The number of rotatable bonds is 5. The first-order chi connectivity index (χ1) is 7.02. The van der Waals surface area contributed by atoms with Gasteiger partial charge < -0.3 is 10.1 Å². The van der Waals surface area contributed by atoms with Gasteiger partial charge in [0.25, 0.3) is 0 Å². The average Bonchev–Trinajstić information content (AvgIpc) is 2.65. The summed E-state index contributed by atoms with van der Waals surface area (Å²) in [4.78, 5) is 19.7. The fourth-order valence-electron chi connectivity index (χ4n) is 1.45. The summed E-state index contributed by atoms with van der Waals surface area (Å²) in [6, 6.07) is 0.141. The standard InChI is InChI=1S/C10H17N3O2/c1-7(2)13(3)9(4-10(14)15)8-5-11-6-12-8/h5-7,9H,4H2,1-3H3,(H,11,12)(H,14,15). The lowest BCUT2D eigenvalue weighted by molar-refractivity contribution is -0.138. The summed E-state index contributed by atoms with van der Waals surface area (Å²) in [6.07, 6.45) is 3.32. The molecule has 0 aromatic carbocycles. The minimum Gasteiger partial charge on any atom is -0.481 e. The van der Waals surface area contributed by atoms with Gasteiger partial charge in [-0.25, -0.2) is 4.98 Å². The molecule has 0 spiro atoms. The van der Waals surface area contributed by atoms with Crippen LogP contribution in [0.1, 0.15) is 32.0 Å². The maximum absolute atomic E-state index is 10.8. The summed E-state index contributed by atoms with van der Waals surface area (Å²) < 4.78 is 0. The molecule has 0 aliphatic heterocycles. The van der Waals surface area contributed by atoms with E-state index in [1.54, 1.807) is 12.5 Å². The van der Waals surface area contributed by atoms with Gasteiger partial charge >= 0.3 is 5.97 Å². The Morgan fingerprint density at radius 2 is 2.33 bits per heavy atom. The Morgan fingerprint density at radius 1 is 1.67 bits per heavy atom. The summed E-state index contributed by atoms with van der Waals surface area (Å²) in [5.41, 5.74) is 0.841. The summed E-state index contributed by atoms with van der Waals surface area (Å²) in [6.45, 7) is 4.07. The number of imidazole rings is 1. The highest BCUT2D eigenvalue weighted by Gasteiger charge is 2.23. The number of nitrogens with zero attached hydrogens (tertiary/aromatic N) is 2. The van der Waals surface area contributed by atoms with E-state index in [1.165, 1.54) is 0 Å². The fourth-order valence-corrected chi connectivity index (χ4v) is 1.45. The highest BCUT2D eigenvalue weighted by Crippen LogP contribution is 2.22. The molecule has 1 unspecified atom stereocenters. The highest BCUT2D eigenvalue weighted by atomic mass is 16.4. The first-order valence-electron chi connectivity index (χ1n) is 4.94. The van der Waals surface area contributed by atoms with E-state index >= 15 is 0 Å². The third kappa shape index (κ3) is 3.06. The van der Waals surface area contributed by atoms with Crippen LogP contribution in [0.15, 0.2) is 12.5 Å². The Morgan fingerprint density at radius 3 is 2.73 bits per heavy atom. The maximum Gasteiger partial charge on any atom is 0.305 e. The summed E-state index contributed by atoms with van der Waals surface area (Å²) in [7, 11) is 1.92. The van der Waals surface area contributed by atoms with Crippen LogP contribution in [0.2, 0.25) is 0 Å². The zero-order valence-electron chi connectivity index (χ0n) is 9.27. The van der Waals surface area contributed by atoms with E-state index in [1.807, 2.05) is 25.8 Å². The van der Waals surface area contributed by atoms with E-state index in [4.69, 9.17) is 5.11 Å². The number of aromatic nitrogens is 2. The molecule has 1 atom stereocenters. The summed E-state index contributed by atoms with van der Waals surface area (Å²) in [5.74, 6) is -0.804. The van der Waals surface area contributed by atoms with E-state index in [0.717, 1.165) is 5.69 Å². The van der Waals surface area contributed by atoms with Crippen molar-refractivity contribution >= 4 is 5.97 Å². The molecule has 0 saturated heterocycles. The lowest BCUT2D eigenvalue weighted by Crippen LogP contribution is -2.32. The SMILES string of the molecule is CC(C)N(C)C(CC(=O)O)c1cnc[nH]1. The van der Waals surface area contributed by atoms with Gasteiger partial charge in [-0.15, -0.1) is 0 Å². The molecule has 1 heterocycles. The fraction of sp³-hybridized carbons (Fsp3) is 0.600. The Labute approximate surface area is 89.1 Å². The van der Waals surface area contributed by atoms with Gasteiger partial charge in [0.05, 0.1) is 24.5 Å². The van der Waals surface area contributed by atoms with Crippen molar-refractivity contribution in [3.8, 4) is 0 Å². The van der Waals surface area contributed by atoms with E-state index in [9.17, 15) is 4.79 Å². The molecule has 1 aromatic heterocycles. The van der Waals surface area contributed by atoms with Crippen molar-refractivity contribution < 1.29 is 9.90 Å². The van der Waals surface area contributed by atoms with Crippen LogP contribution in [0.4, 0.5) is 0 Å². The van der Waals surface area contributed by atoms with E-state index in [0.29, 0.717) is 0 Å². The molecule has 0 aliphatic rings. The second-order valence-electron chi connectivity index (χ2n) is 3.88. The first-order valence-corrected chi connectivity index (χ1v) is 4.94. The second kappa shape index (κ2) is 4.93. The largest absolute Gasteiger partial charge is 0.481 e. The third-order valence-electron chi connectivity index (χ3n) is 2.55. The van der Waals surface area contributed by atoms with Crippen LogP contribution in [0.25, 0.3) is 0 Å². The molecule has 0 aliphatic carbocycles. The number of carbonyl (C=O) groups is 1. The predicted octanol–water partition coefficient (Wildman–Crippen LogP) is 1.27. The van der Waals surface area contributed by atoms with Gasteiger partial charge in [0, 0.05) is 12.2 Å². The minimum absolute atomic E-state index is 0.0802. The molecule has 1 rings (SSSR count). The van der Waals surface area contributed by atoms with Crippen molar-refractivity contribution in [3.05, 3.63) is 18.2 Å². The number of H-pyrrole nitrogens is 1. The molecule has 84 valence electrons. The third-order valence-corrected chi connectivity index (χ3v) is 2.55. The van der Waals surface area contributed by atoms with Crippen molar-refractivity contribution in [1.82, 2.24) is 14.9 Å². The zero-order chi connectivity index (χ0) is 11.4. The number of nitrogens with one attached hydrogen (secondary N) is 1. The van der Waals surface area contributed by atoms with Crippen LogP contribution in [-0.2, 0) is 4.79 Å². The molecule has 15 heavy (non-hydrogen) atoms. The Bertz CT molecular complexity index is 308. The monoisotopic (exact) mass is 211 g/mol. The Hall–Kier alpha value is -1.36. The van der Waals surface area contributed by atoms with Crippen LogP contribution in [-0.4, -0.2) is 39.0 Å². The molecular weight excluding hydrogens is 194 g/mol. The van der Waals surface area contributed by atoms with Crippen molar-refractivity contribution in [2.24, 2.45) is 0 Å². The summed E-state index contributed by atoms with van der Waals surface area (Å²) in [5, 5.41) is 8.85. The lowest BCUT2D eigenvalue weighted by Gasteiger charge is -2.29. The number of hydrogen-bond acceptors (Lipinski definition) is 3. The molecule has 0 fully saturated rings. The molecule has 0 amide bonds.